The van der Waals surface area contributed by atoms with E-state index in [2.05, 4.69) is 38.7 Å². The van der Waals surface area contributed by atoms with Crippen molar-refractivity contribution in [2.24, 2.45) is 0 Å². The molecule has 0 spiro atoms. The van der Waals surface area contributed by atoms with Crippen LogP contribution in [0.4, 0.5) is 11.4 Å². The molecule has 0 unspecified atom stereocenters. The van der Waals surface area contributed by atoms with Gasteiger partial charge in [-0.25, -0.2) is 0 Å². The summed E-state index contributed by atoms with van der Waals surface area (Å²) < 4.78 is 1.07. The molecule has 0 heterocycles. The Morgan fingerprint density at radius 3 is 2.47 bits per heavy atom. The van der Waals surface area contributed by atoms with Gasteiger partial charge in [0.15, 0.2) is 0 Å². The van der Waals surface area contributed by atoms with Gasteiger partial charge >= 0.3 is 0 Å². The summed E-state index contributed by atoms with van der Waals surface area (Å²) in [5.74, 6) is -0.0648. The predicted octanol–water partition coefficient (Wildman–Crippen LogP) is 4.02. The molecular weight excluding hydrogens is 304 g/mol. The van der Waals surface area contributed by atoms with Crippen LogP contribution in [-0.4, -0.2) is 5.91 Å². The van der Waals surface area contributed by atoms with Crippen molar-refractivity contribution in [3.05, 3.63) is 58.6 Å². The second-order valence-corrected chi connectivity index (χ2v) is 5.16. The van der Waals surface area contributed by atoms with E-state index in [0.29, 0.717) is 0 Å². The molecule has 0 atom stereocenters. The maximum absolute atomic E-state index is 11.0. The average molecular weight is 319 g/mol. The molecule has 1 amide bonds. The molecular formula is C15H15BrN2O. The number of halogens is 1. The molecule has 0 radical (unpaired) electrons. The Hall–Kier alpha value is -1.81. The number of carbonyl (C=O) groups excluding carboxylic acids is 1. The summed E-state index contributed by atoms with van der Waals surface area (Å²) >= 11 is 3.41. The van der Waals surface area contributed by atoms with E-state index in [1.807, 2.05) is 36.4 Å². The van der Waals surface area contributed by atoms with Crippen molar-refractivity contribution in [3.63, 3.8) is 0 Å². The maximum Gasteiger partial charge on any atom is 0.221 e. The van der Waals surface area contributed by atoms with E-state index in [0.717, 1.165) is 22.4 Å². The van der Waals surface area contributed by atoms with Crippen LogP contribution in [0.1, 0.15) is 12.5 Å². The van der Waals surface area contributed by atoms with Crippen molar-refractivity contribution >= 4 is 33.2 Å². The first kappa shape index (κ1) is 13.6. The van der Waals surface area contributed by atoms with Gasteiger partial charge in [-0.3, -0.25) is 4.79 Å². The highest BCUT2D eigenvalue weighted by atomic mass is 79.9. The zero-order chi connectivity index (χ0) is 13.7. The van der Waals surface area contributed by atoms with Gasteiger partial charge in [0.2, 0.25) is 5.91 Å². The Balaban J connectivity index is 1.99. The van der Waals surface area contributed by atoms with Gasteiger partial charge in [-0.05, 0) is 35.9 Å². The van der Waals surface area contributed by atoms with Gasteiger partial charge in [0.1, 0.15) is 0 Å². The van der Waals surface area contributed by atoms with Gasteiger partial charge in [0.25, 0.3) is 0 Å². The highest BCUT2D eigenvalue weighted by Crippen LogP contribution is 2.17. The zero-order valence-corrected chi connectivity index (χ0v) is 12.2. The molecule has 0 aliphatic rings. The molecule has 0 fully saturated rings. The summed E-state index contributed by atoms with van der Waals surface area (Å²) in [6.07, 6.45) is 0. The number of carbonyl (C=O) groups is 1. The molecule has 4 heteroatoms. The van der Waals surface area contributed by atoms with E-state index in [4.69, 9.17) is 0 Å². The molecule has 2 rings (SSSR count). The van der Waals surface area contributed by atoms with E-state index in [9.17, 15) is 4.79 Å². The Morgan fingerprint density at radius 2 is 1.79 bits per heavy atom. The fraction of sp³-hybridized carbons (Fsp3) is 0.133. The van der Waals surface area contributed by atoms with Gasteiger partial charge < -0.3 is 10.6 Å². The molecule has 0 saturated carbocycles. The highest BCUT2D eigenvalue weighted by Gasteiger charge is 1.98. The van der Waals surface area contributed by atoms with Crippen molar-refractivity contribution < 1.29 is 4.79 Å². The van der Waals surface area contributed by atoms with Crippen LogP contribution in [0.2, 0.25) is 0 Å². The smallest absolute Gasteiger partial charge is 0.221 e. The largest absolute Gasteiger partial charge is 0.381 e. The number of hydrogen-bond acceptors (Lipinski definition) is 2. The molecule has 98 valence electrons. The second kappa shape index (κ2) is 6.38. The first-order valence-corrected chi connectivity index (χ1v) is 6.79. The maximum atomic E-state index is 11.0. The van der Waals surface area contributed by atoms with Crippen LogP contribution in [0.5, 0.6) is 0 Å². The minimum Gasteiger partial charge on any atom is -0.381 e. The Labute approximate surface area is 121 Å². The van der Waals surface area contributed by atoms with Crippen LogP contribution in [0.25, 0.3) is 0 Å². The Bertz CT molecular complexity index is 567. The van der Waals surface area contributed by atoms with Gasteiger partial charge in [-0.1, -0.05) is 34.1 Å². The molecule has 2 aromatic rings. The van der Waals surface area contributed by atoms with Crippen molar-refractivity contribution in [3.8, 4) is 0 Å². The second-order valence-electron chi connectivity index (χ2n) is 4.24. The monoisotopic (exact) mass is 318 g/mol. The van der Waals surface area contributed by atoms with E-state index in [1.165, 1.54) is 12.5 Å². The predicted molar refractivity (Wildman–Crippen MR) is 82.2 cm³/mol. The van der Waals surface area contributed by atoms with Crippen LogP contribution >= 0.6 is 15.9 Å². The molecule has 0 bridgehead atoms. The molecule has 0 saturated heterocycles. The van der Waals surface area contributed by atoms with Gasteiger partial charge in [-0.2, -0.15) is 0 Å². The third-order valence-corrected chi connectivity index (χ3v) is 3.12. The Kier molecular flexibility index (Phi) is 4.58. The first-order chi connectivity index (χ1) is 9.13. The molecule has 2 N–H and O–H groups in total. The summed E-state index contributed by atoms with van der Waals surface area (Å²) in [6, 6.07) is 15.8. The average Bonchev–Trinajstić information content (AvgIpc) is 2.38. The third kappa shape index (κ3) is 4.41. The molecule has 0 aromatic heterocycles. The van der Waals surface area contributed by atoms with E-state index < -0.39 is 0 Å². The number of benzene rings is 2. The molecule has 0 aliphatic heterocycles. The summed E-state index contributed by atoms with van der Waals surface area (Å²) in [4.78, 5) is 11.0. The number of rotatable bonds is 4. The summed E-state index contributed by atoms with van der Waals surface area (Å²) in [5, 5.41) is 6.09. The van der Waals surface area contributed by atoms with Crippen LogP contribution in [0, 0.1) is 0 Å². The summed E-state index contributed by atoms with van der Waals surface area (Å²) in [5.41, 5.74) is 2.98. The summed E-state index contributed by atoms with van der Waals surface area (Å²) in [6.45, 7) is 2.25. The lowest BCUT2D eigenvalue weighted by molar-refractivity contribution is -0.114. The SMILES string of the molecule is CC(=O)Nc1cccc(NCc2ccc(Br)cc2)c1. The van der Waals surface area contributed by atoms with E-state index in [-0.39, 0.29) is 5.91 Å². The number of nitrogens with one attached hydrogen (secondary N) is 2. The molecule has 0 aliphatic carbocycles. The highest BCUT2D eigenvalue weighted by molar-refractivity contribution is 9.10. The zero-order valence-electron chi connectivity index (χ0n) is 10.6. The van der Waals surface area contributed by atoms with Crippen molar-refractivity contribution in [1.82, 2.24) is 0 Å². The molecule has 19 heavy (non-hydrogen) atoms. The lowest BCUT2D eigenvalue weighted by Crippen LogP contribution is -2.06. The lowest BCUT2D eigenvalue weighted by Gasteiger charge is -2.09. The topological polar surface area (TPSA) is 41.1 Å². The van der Waals surface area contributed by atoms with Crippen LogP contribution in [0.15, 0.2) is 53.0 Å². The quantitative estimate of drug-likeness (QED) is 0.894. The van der Waals surface area contributed by atoms with E-state index in [1.54, 1.807) is 0 Å². The lowest BCUT2D eigenvalue weighted by atomic mass is 10.2. The van der Waals surface area contributed by atoms with E-state index >= 15 is 0 Å². The number of anilines is 2. The van der Waals surface area contributed by atoms with Gasteiger partial charge in [0.05, 0.1) is 0 Å². The molecule has 3 nitrogen and oxygen atoms in total. The van der Waals surface area contributed by atoms with Crippen molar-refractivity contribution in [2.75, 3.05) is 10.6 Å². The van der Waals surface area contributed by atoms with Crippen LogP contribution < -0.4 is 10.6 Å². The minimum atomic E-state index is -0.0648. The summed E-state index contributed by atoms with van der Waals surface area (Å²) in [7, 11) is 0. The standard InChI is InChI=1S/C15H15BrN2O/c1-11(19)18-15-4-2-3-14(9-15)17-10-12-5-7-13(16)8-6-12/h2-9,17H,10H2,1H3,(H,18,19). The van der Waals surface area contributed by atoms with Crippen LogP contribution in [0.3, 0.4) is 0 Å². The van der Waals surface area contributed by atoms with Gasteiger partial charge in [-0.15, -0.1) is 0 Å². The van der Waals surface area contributed by atoms with Crippen molar-refractivity contribution in [2.45, 2.75) is 13.5 Å². The number of hydrogen-bond donors (Lipinski definition) is 2. The van der Waals surface area contributed by atoms with Crippen molar-refractivity contribution in [1.29, 1.82) is 0 Å². The third-order valence-electron chi connectivity index (χ3n) is 2.59. The van der Waals surface area contributed by atoms with Crippen LogP contribution in [-0.2, 0) is 11.3 Å². The Morgan fingerprint density at radius 1 is 1.11 bits per heavy atom. The fourth-order valence-electron chi connectivity index (χ4n) is 1.72. The first-order valence-electron chi connectivity index (χ1n) is 5.99. The fourth-order valence-corrected chi connectivity index (χ4v) is 1.98. The normalized spacial score (nSPS) is 10.0. The number of amides is 1. The van der Waals surface area contributed by atoms with Gasteiger partial charge in [0, 0.05) is 29.3 Å². The minimum absolute atomic E-state index is 0.0648. The molecule has 2 aromatic carbocycles.